The molecule has 0 N–H and O–H groups in total. The Kier molecular flexibility index (Phi) is 7.15. The molecule has 5 rings (SSSR count). The first kappa shape index (κ1) is 22.5. The number of nitrogens with zero attached hydrogens (tertiary/aromatic N) is 1. The molecule has 1 amide bonds. The molecule has 3 aromatic carbocycles. The summed E-state index contributed by atoms with van der Waals surface area (Å²) in [7, 11) is 0. The summed E-state index contributed by atoms with van der Waals surface area (Å²) >= 11 is 0. The number of hydrogen-bond donors (Lipinski definition) is 0. The maximum Gasteiger partial charge on any atom is 0.255 e. The molecule has 3 aromatic rings. The van der Waals surface area contributed by atoms with E-state index in [2.05, 4.69) is 6.08 Å². The molecule has 1 saturated heterocycles. The molecule has 5 heteroatoms. The largest absolute Gasteiger partial charge is 0.368 e. The van der Waals surface area contributed by atoms with E-state index in [1.54, 1.807) is 0 Å². The zero-order valence-electron chi connectivity index (χ0n) is 19.0. The van der Waals surface area contributed by atoms with Gasteiger partial charge in [-0.3, -0.25) is 4.79 Å². The summed E-state index contributed by atoms with van der Waals surface area (Å²) in [6, 6.07) is 29.8. The average Bonchev–Trinajstić information content (AvgIpc) is 3.39. The van der Waals surface area contributed by atoms with Crippen molar-refractivity contribution in [3.05, 3.63) is 120 Å². The summed E-state index contributed by atoms with van der Waals surface area (Å²) in [5.74, 6) is -0.0523. The third-order valence-electron chi connectivity index (χ3n) is 6.32. The number of carbonyl (C=O) groups excluding carboxylic acids is 1. The molecule has 34 heavy (non-hydrogen) atoms. The second kappa shape index (κ2) is 10.8. The summed E-state index contributed by atoms with van der Waals surface area (Å²) in [6.07, 6.45) is 2.45. The number of amides is 1. The molecule has 0 aliphatic carbocycles. The second-order valence-electron chi connectivity index (χ2n) is 8.65. The van der Waals surface area contributed by atoms with Gasteiger partial charge in [0.25, 0.3) is 5.91 Å². The minimum absolute atomic E-state index is 0.0523. The molecule has 5 nitrogen and oxygen atoms in total. The SMILES string of the molecule is O=C1[C@H](OCc2ccccc2)[C@@H](OCc2ccccc2)[C@H](OCc2ccccc2)[C@H]2C=CCN12. The molecule has 2 heterocycles. The Morgan fingerprint density at radius 3 is 1.65 bits per heavy atom. The highest BCUT2D eigenvalue weighted by Crippen LogP contribution is 2.32. The average molecular weight is 456 g/mol. The van der Waals surface area contributed by atoms with Crippen molar-refractivity contribution in [1.82, 2.24) is 4.90 Å². The van der Waals surface area contributed by atoms with E-state index in [1.165, 1.54) is 0 Å². The Morgan fingerprint density at radius 2 is 1.12 bits per heavy atom. The fourth-order valence-corrected chi connectivity index (χ4v) is 4.57. The topological polar surface area (TPSA) is 48.0 Å². The fourth-order valence-electron chi connectivity index (χ4n) is 4.57. The molecule has 174 valence electrons. The number of fused-ring (bicyclic) bond motifs is 1. The van der Waals surface area contributed by atoms with E-state index in [4.69, 9.17) is 14.2 Å². The maximum absolute atomic E-state index is 13.5. The lowest BCUT2D eigenvalue weighted by Gasteiger charge is -2.45. The highest BCUT2D eigenvalue weighted by atomic mass is 16.6. The van der Waals surface area contributed by atoms with E-state index >= 15 is 0 Å². The van der Waals surface area contributed by atoms with E-state index in [9.17, 15) is 4.79 Å². The first-order valence-electron chi connectivity index (χ1n) is 11.7. The Labute approximate surface area is 200 Å². The van der Waals surface area contributed by atoms with Crippen molar-refractivity contribution in [3.63, 3.8) is 0 Å². The minimum atomic E-state index is -0.749. The van der Waals surface area contributed by atoms with Crippen LogP contribution < -0.4 is 0 Å². The van der Waals surface area contributed by atoms with Crippen molar-refractivity contribution in [2.45, 2.75) is 44.2 Å². The molecule has 0 unspecified atom stereocenters. The quantitative estimate of drug-likeness (QED) is 0.445. The van der Waals surface area contributed by atoms with E-state index in [0.717, 1.165) is 16.7 Å². The van der Waals surface area contributed by atoms with Crippen LogP contribution in [0.25, 0.3) is 0 Å². The number of ether oxygens (including phenoxy) is 3. The molecule has 1 fully saturated rings. The smallest absolute Gasteiger partial charge is 0.255 e. The third-order valence-corrected chi connectivity index (χ3v) is 6.32. The number of carbonyl (C=O) groups is 1. The Balaban J connectivity index is 1.39. The number of benzene rings is 3. The Morgan fingerprint density at radius 1 is 0.647 bits per heavy atom. The van der Waals surface area contributed by atoms with Gasteiger partial charge in [0.2, 0.25) is 0 Å². The third kappa shape index (κ3) is 5.12. The first-order valence-corrected chi connectivity index (χ1v) is 11.7. The lowest BCUT2D eigenvalue weighted by atomic mass is 9.93. The zero-order valence-corrected chi connectivity index (χ0v) is 19.0. The lowest BCUT2D eigenvalue weighted by molar-refractivity contribution is -0.201. The molecule has 0 saturated carbocycles. The van der Waals surface area contributed by atoms with Crippen LogP contribution in [0.2, 0.25) is 0 Å². The van der Waals surface area contributed by atoms with Gasteiger partial charge in [-0.2, -0.15) is 0 Å². The van der Waals surface area contributed by atoms with Crippen LogP contribution in [0.5, 0.6) is 0 Å². The standard InChI is InChI=1S/C29H29NO4/c31-29-28(34-21-24-15-8-3-9-16-24)27(33-20-23-13-6-2-7-14-23)26(25-17-10-18-30(25)29)32-19-22-11-4-1-5-12-22/h1-17,25-28H,18-21H2/t25-,26-,27+,28-/m1/s1. The van der Waals surface area contributed by atoms with Crippen molar-refractivity contribution in [3.8, 4) is 0 Å². The molecule has 2 aliphatic rings. The van der Waals surface area contributed by atoms with Gasteiger partial charge in [-0.1, -0.05) is 103 Å². The number of rotatable bonds is 9. The van der Waals surface area contributed by atoms with Crippen LogP contribution in [0.4, 0.5) is 0 Å². The molecular formula is C29H29NO4. The molecule has 0 spiro atoms. The van der Waals surface area contributed by atoms with Gasteiger partial charge in [-0.25, -0.2) is 0 Å². The van der Waals surface area contributed by atoms with Crippen LogP contribution in [0.15, 0.2) is 103 Å². The minimum Gasteiger partial charge on any atom is -0.368 e. The number of piperidine rings is 1. The van der Waals surface area contributed by atoms with Gasteiger partial charge in [0.1, 0.15) is 12.2 Å². The second-order valence-corrected chi connectivity index (χ2v) is 8.65. The zero-order chi connectivity index (χ0) is 23.2. The first-order chi connectivity index (χ1) is 16.8. The van der Waals surface area contributed by atoms with Crippen molar-refractivity contribution >= 4 is 5.91 Å². The van der Waals surface area contributed by atoms with Gasteiger partial charge in [-0.15, -0.1) is 0 Å². The van der Waals surface area contributed by atoms with E-state index in [0.29, 0.717) is 26.4 Å². The highest BCUT2D eigenvalue weighted by Gasteiger charge is 2.51. The lowest BCUT2D eigenvalue weighted by Crippen LogP contribution is -2.64. The predicted molar refractivity (Wildman–Crippen MR) is 130 cm³/mol. The van der Waals surface area contributed by atoms with Crippen LogP contribution in [-0.4, -0.2) is 41.7 Å². The van der Waals surface area contributed by atoms with Gasteiger partial charge in [0.05, 0.1) is 25.9 Å². The Bertz CT molecular complexity index is 1090. The van der Waals surface area contributed by atoms with E-state index in [1.807, 2.05) is 102 Å². The van der Waals surface area contributed by atoms with Crippen molar-refractivity contribution < 1.29 is 19.0 Å². The molecule has 2 aliphatic heterocycles. The van der Waals surface area contributed by atoms with Crippen LogP contribution in [-0.2, 0) is 38.8 Å². The van der Waals surface area contributed by atoms with Crippen molar-refractivity contribution in [1.29, 1.82) is 0 Å². The maximum atomic E-state index is 13.5. The van der Waals surface area contributed by atoms with Crippen molar-refractivity contribution in [2.75, 3.05) is 6.54 Å². The molecule has 0 aromatic heterocycles. The van der Waals surface area contributed by atoms with Gasteiger partial charge < -0.3 is 19.1 Å². The van der Waals surface area contributed by atoms with Crippen LogP contribution >= 0.6 is 0 Å². The highest BCUT2D eigenvalue weighted by molar-refractivity contribution is 5.84. The molecule has 4 atom stereocenters. The van der Waals surface area contributed by atoms with Gasteiger partial charge in [0, 0.05) is 6.54 Å². The predicted octanol–water partition coefficient (Wildman–Crippen LogP) is 4.52. The van der Waals surface area contributed by atoms with Gasteiger partial charge in [-0.05, 0) is 16.7 Å². The Hall–Kier alpha value is -3.25. The van der Waals surface area contributed by atoms with E-state index in [-0.39, 0.29) is 18.1 Å². The molecular weight excluding hydrogens is 426 g/mol. The summed E-state index contributed by atoms with van der Waals surface area (Å²) in [6.45, 7) is 1.71. The van der Waals surface area contributed by atoms with Crippen LogP contribution in [0.3, 0.4) is 0 Å². The molecule has 0 radical (unpaired) electrons. The summed E-state index contributed by atoms with van der Waals surface area (Å²) < 4.78 is 19.1. The normalized spacial score (nSPS) is 23.8. The van der Waals surface area contributed by atoms with Gasteiger partial charge in [0.15, 0.2) is 6.10 Å². The van der Waals surface area contributed by atoms with Crippen molar-refractivity contribution in [2.24, 2.45) is 0 Å². The molecule has 0 bridgehead atoms. The summed E-state index contributed by atoms with van der Waals surface area (Å²) in [5, 5.41) is 0. The fraction of sp³-hybridized carbons (Fsp3) is 0.276. The summed E-state index contributed by atoms with van der Waals surface area (Å²) in [5.41, 5.74) is 3.14. The van der Waals surface area contributed by atoms with Crippen LogP contribution in [0.1, 0.15) is 16.7 Å². The van der Waals surface area contributed by atoms with Crippen LogP contribution in [0, 0.1) is 0 Å². The van der Waals surface area contributed by atoms with E-state index < -0.39 is 12.2 Å². The number of hydrogen-bond acceptors (Lipinski definition) is 4. The summed E-state index contributed by atoms with van der Waals surface area (Å²) in [4.78, 5) is 15.3. The monoisotopic (exact) mass is 455 g/mol. The van der Waals surface area contributed by atoms with Gasteiger partial charge >= 0.3 is 0 Å².